The van der Waals surface area contributed by atoms with Crippen molar-refractivity contribution in [3.63, 3.8) is 0 Å². The summed E-state index contributed by atoms with van der Waals surface area (Å²) in [5.74, 6) is 0.0457. The van der Waals surface area contributed by atoms with E-state index in [2.05, 4.69) is 0 Å². The van der Waals surface area contributed by atoms with E-state index in [-0.39, 0.29) is 24.4 Å². The van der Waals surface area contributed by atoms with Crippen molar-refractivity contribution in [1.29, 1.82) is 0 Å². The van der Waals surface area contributed by atoms with Crippen molar-refractivity contribution in [2.45, 2.75) is 26.7 Å². The van der Waals surface area contributed by atoms with Crippen LogP contribution in [-0.2, 0) is 0 Å². The molecule has 0 unspecified atom stereocenters. The van der Waals surface area contributed by atoms with Gasteiger partial charge in [-0.15, -0.1) is 0 Å². The van der Waals surface area contributed by atoms with E-state index in [1.165, 1.54) is 0 Å². The van der Waals surface area contributed by atoms with Gasteiger partial charge in [-0.25, -0.2) is 0 Å². The number of ketones is 2. The summed E-state index contributed by atoms with van der Waals surface area (Å²) < 4.78 is 0. The number of hydrogen-bond donors (Lipinski definition) is 0. The summed E-state index contributed by atoms with van der Waals surface area (Å²) in [5.41, 5.74) is 3.48. The van der Waals surface area contributed by atoms with Gasteiger partial charge >= 0.3 is 0 Å². The maximum atomic E-state index is 12.0. The van der Waals surface area contributed by atoms with Gasteiger partial charge in [0.15, 0.2) is 11.6 Å². The normalized spacial score (nSPS) is 10.3. The molecule has 0 fully saturated rings. The average molecular weight is 266 g/mol. The van der Waals surface area contributed by atoms with Gasteiger partial charge in [0.05, 0.1) is 0 Å². The molecule has 0 saturated carbocycles. The minimum Gasteiger partial charge on any atom is -0.294 e. The molecule has 0 aliphatic heterocycles. The maximum Gasteiger partial charge on any atom is 0.163 e. The van der Waals surface area contributed by atoms with E-state index in [0.29, 0.717) is 11.1 Å². The first-order valence-electron chi connectivity index (χ1n) is 6.76. The number of benzene rings is 2. The number of Topliss-reactive ketones (excluding diaryl/α,β-unsaturated/α-hetero) is 2. The second-order valence-electron chi connectivity index (χ2n) is 5.09. The second-order valence-corrected chi connectivity index (χ2v) is 5.09. The second kappa shape index (κ2) is 6.29. The van der Waals surface area contributed by atoms with Crippen molar-refractivity contribution >= 4 is 11.6 Å². The molecule has 0 saturated heterocycles. The molecule has 0 aromatic heterocycles. The summed E-state index contributed by atoms with van der Waals surface area (Å²) in [4.78, 5) is 24.1. The molecule has 2 aromatic carbocycles. The molecule has 0 aliphatic rings. The van der Waals surface area contributed by atoms with Gasteiger partial charge in [-0.05, 0) is 26.0 Å². The molecule has 102 valence electrons. The van der Waals surface area contributed by atoms with Crippen LogP contribution in [0.4, 0.5) is 0 Å². The van der Waals surface area contributed by atoms with Gasteiger partial charge in [0.2, 0.25) is 0 Å². The lowest BCUT2D eigenvalue weighted by Gasteiger charge is -2.03. The monoisotopic (exact) mass is 266 g/mol. The smallest absolute Gasteiger partial charge is 0.163 e. The van der Waals surface area contributed by atoms with E-state index >= 15 is 0 Å². The molecule has 0 radical (unpaired) electrons. The van der Waals surface area contributed by atoms with E-state index in [1.54, 1.807) is 12.1 Å². The quantitative estimate of drug-likeness (QED) is 0.762. The molecule has 2 aromatic rings. The van der Waals surface area contributed by atoms with Crippen molar-refractivity contribution in [3.8, 4) is 0 Å². The number of aryl methyl sites for hydroxylation is 2. The molecule has 20 heavy (non-hydrogen) atoms. The third-order valence-electron chi connectivity index (χ3n) is 3.26. The number of carbonyl (C=O) groups excluding carboxylic acids is 2. The van der Waals surface area contributed by atoms with Crippen LogP contribution < -0.4 is 0 Å². The van der Waals surface area contributed by atoms with Crippen molar-refractivity contribution in [3.05, 3.63) is 70.8 Å². The van der Waals surface area contributed by atoms with Crippen LogP contribution >= 0.6 is 0 Å². The number of rotatable bonds is 5. The molecule has 0 N–H and O–H groups in total. The first-order chi connectivity index (χ1) is 9.56. The van der Waals surface area contributed by atoms with Crippen LogP contribution in [0.15, 0.2) is 48.5 Å². The summed E-state index contributed by atoms with van der Waals surface area (Å²) in [5, 5.41) is 0. The average Bonchev–Trinajstić information content (AvgIpc) is 2.44. The highest BCUT2D eigenvalue weighted by molar-refractivity contribution is 6.02. The van der Waals surface area contributed by atoms with Gasteiger partial charge in [-0.2, -0.15) is 0 Å². The highest BCUT2D eigenvalue weighted by atomic mass is 16.1. The van der Waals surface area contributed by atoms with Gasteiger partial charge < -0.3 is 0 Å². The topological polar surface area (TPSA) is 34.1 Å². The number of carbonyl (C=O) groups is 2. The zero-order valence-electron chi connectivity index (χ0n) is 11.8. The Morgan fingerprint density at radius 3 is 1.50 bits per heavy atom. The minimum absolute atomic E-state index is 0.0229. The molecule has 0 atom stereocenters. The Bertz CT molecular complexity index is 584. The fourth-order valence-corrected chi connectivity index (χ4v) is 2.15. The Morgan fingerprint density at radius 2 is 1.15 bits per heavy atom. The van der Waals surface area contributed by atoms with Gasteiger partial charge in [0, 0.05) is 24.0 Å². The molecule has 0 spiro atoms. The Morgan fingerprint density at radius 1 is 0.750 bits per heavy atom. The van der Waals surface area contributed by atoms with E-state index in [0.717, 1.165) is 11.1 Å². The first kappa shape index (κ1) is 14.2. The molecule has 0 aliphatic carbocycles. The predicted molar refractivity (Wildman–Crippen MR) is 80.3 cm³/mol. The van der Waals surface area contributed by atoms with Crippen molar-refractivity contribution in [2.75, 3.05) is 0 Å². The van der Waals surface area contributed by atoms with E-state index in [4.69, 9.17) is 0 Å². The molecular weight excluding hydrogens is 248 g/mol. The minimum atomic E-state index is 0.0229. The summed E-state index contributed by atoms with van der Waals surface area (Å²) >= 11 is 0. The molecular formula is C18H18O2. The fourth-order valence-electron chi connectivity index (χ4n) is 2.15. The zero-order valence-corrected chi connectivity index (χ0v) is 11.8. The highest BCUT2D eigenvalue weighted by Gasteiger charge is 2.11. The summed E-state index contributed by atoms with van der Waals surface area (Å²) in [6, 6.07) is 15.0. The summed E-state index contributed by atoms with van der Waals surface area (Å²) in [7, 11) is 0. The fraction of sp³-hybridized carbons (Fsp3) is 0.222. The first-order valence-corrected chi connectivity index (χ1v) is 6.76. The highest BCUT2D eigenvalue weighted by Crippen LogP contribution is 2.12. The van der Waals surface area contributed by atoms with Crippen LogP contribution in [0, 0.1) is 13.8 Å². The third-order valence-corrected chi connectivity index (χ3v) is 3.26. The lowest BCUT2D eigenvalue weighted by Crippen LogP contribution is -2.05. The lowest BCUT2D eigenvalue weighted by atomic mass is 10.00. The molecule has 2 nitrogen and oxygen atoms in total. The summed E-state index contributed by atoms with van der Waals surface area (Å²) in [6.45, 7) is 3.91. The van der Waals surface area contributed by atoms with Gasteiger partial charge in [0.1, 0.15) is 0 Å². The molecule has 0 heterocycles. The van der Waals surface area contributed by atoms with Crippen LogP contribution in [0.3, 0.4) is 0 Å². The Balaban J connectivity index is 1.98. The van der Waals surface area contributed by atoms with Crippen molar-refractivity contribution in [1.82, 2.24) is 0 Å². The van der Waals surface area contributed by atoms with Crippen LogP contribution in [0.1, 0.15) is 44.7 Å². The third kappa shape index (κ3) is 3.64. The number of hydrogen-bond acceptors (Lipinski definition) is 2. The van der Waals surface area contributed by atoms with Crippen molar-refractivity contribution < 1.29 is 9.59 Å². The molecule has 2 heteroatoms. The van der Waals surface area contributed by atoms with Crippen LogP contribution in [-0.4, -0.2) is 11.6 Å². The van der Waals surface area contributed by atoms with Crippen LogP contribution in [0.5, 0.6) is 0 Å². The molecule has 2 rings (SSSR count). The van der Waals surface area contributed by atoms with Gasteiger partial charge in [-0.3, -0.25) is 9.59 Å². The summed E-state index contributed by atoms with van der Waals surface area (Å²) in [6.07, 6.45) is 0.520. The van der Waals surface area contributed by atoms with Gasteiger partial charge in [0.25, 0.3) is 0 Å². The van der Waals surface area contributed by atoms with E-state index in [1.807, 2.05) is 50.2 Å². The van der Waals surface area contributed by atoms with Crippen LogP contribution in [0.2, 0.25) is 0 Å². The Hall–Kier alpha value is -2.22. The van der Waals surface area contributed by atoms with E-state index in [9.17, 15) is 9.59 Å². The zero-order chi connectivity index (χ0) is 14.5. The Labute approximate surface area is 119 Å². The molecule has 0 amide bonds. The predicted octanol–water partition coefficient (Wildman–Crippen LogP) is 4.15. The standard InChI is InChI=1S/C18H18O2/c1-13-5-3-7-15(11-13)17(19)9-10-18(20)16-8-4-6-14(2)12-16/h3-8,11-12H,9-10H2,1-2H3. The van der Waals surface area contributed by atoms with Gasteiger partial charge in [-0.1, -0.05) is 47.5 Å². The lowest BCUT2D eigenvalue weighted by molar-refractivity contribution is 0.0917. The van der Waals surface area contributed by atoms with Crippen LogP contribution in [0.25, 0.3) is 0 Å². The Kier molecular flexibility index (Phi) is 4.46. The SMILES string of the molecule is Cc1cccc(C(=O)CCC(=O)c2cccc(C)c2)c1. The van der Waals surface area contributed by atoms with E-state index < -0.39 is 0 Å². The molecule has 0 bridgehead atoms. The maximum absolute atomic E-state index is 12.0. The van der Waals surface area contributed by atoms with Crippen molar-refractivity contribution in [2.24, 2.45) is 0 Å². The largest absolute Gasteiger partial charge is 0.294 e.